The van der Waals surface area contributed by atoms with Gasteiger partial charge in [0, 0.05) is 18.1 Å². The number of rotatable bonds is 8. The van der Waals surface area contributed by atoms with E-state index in [4.69, 9.17) is 11.6 Å². The van der Waals surface area contributed by atoms with E-state index in [0.29, 0.717) is 11.6 Å². The fraction of sp³-hybridized carbons (Fsp3) is 0.429. The van der Waals surface area contributed by atoms with Gasteiger partial charge in [-0.05, 0) is 32.1 Å². The SMILES string of the molecule is C=C(Cl)CNCCCN(C)Cc1ccccc1. The van der Waals surface area contributed by atoms with Gasteiger partial charge in [0.2, 0.25) is 0 Å². The summed E-state index contributed by atoms with van der Waals surface area (Å²) < 4.78 is 0. The van der Waals surface area contributed by atoms with Crippen LogP contribution in [0.3, 0.4) is 0 Å². The third kappa shape index (κ3) is 7.16. The Labute approximate surface area is 109 Å². The summed E-state index contributed by atoms with van der Waals surface area (Å²) in [5.74, 6) is 0. The molecule has 0 radical (unpaired) electrons. The first-order chi connectivity index (χ1) is 8.18. The van der Waals surface area contributed by atoms with Crippen molar-refractivity contribution in [3.05, 3.63) is 47.5 Å². The maximum absolute atomic E-state index is 5.66. The number of hydrogen-bond donors (Lipinski definition) is 1. The fourth-order valence-corrected chi connectivity index (χ4v) is 1.77. The Bertz CT molecular complexity index is 324. The van der Waals surface area contributed by atoms with Crippen molar-refractivity contribution in [2.45, 2.75) is 13.0 Å². The van der Waals surface area contributed by atoms with E-state index in [1.165, 1.54) is 5.56 Å². The van der Waals surface area contributed by atoms with Crippen LogP contribution in [0.5, 0.6) is 0 Å². The average molecular weight is 253 g/mol. The summed E-state index contributed by atoms with van der Waals surface area (Å²) in [5.41, 5.74) is 1.36. The molecular formula is C14H21ClN2. The van der Waals surface area contributed by atoms with Gasteiger partial charge in [0.1, 0.15) is 0 Å². The third-order valence-electron chi connectivity index (χ3n) is 2.51. The molecule has 0 heterocycles. The molecule has 0 spiro atoms. The highest BCUT2D eigenvalue weighted by molar-refractivity contribution is 6.29. The summed E-state index contributed by atoms with van der Waals surface area (Å²) in [7, 11) is 2.15. The minimum atomic E-state index is 0.669. The van der Waals surface area contributed by atoms with Crippen LogP contribution in [-0.4, -0.2) is 31.6 Å². The molecule has 0 unspecified atom stereocenters. The van der Waals surface area contributed by atoms with Crippen molar-refractivity contribution in [1.29, 1.82) is 0 Å². The normalized spacial score (nSPS) is 10.8. The molecule has 0 saturated carbocycles. The third-order valence-corrected chi connectivity index (χ3v) is 2.64. The number of halogens is 1. The molecule has 0 fully saturated rings. The van der Waals surface area contributed by atoms with Crippen LogP contribution in [0, 0.1) is 0 Å². The monoisotopic (exact) mass is 252 g/mol. The van der Waals surface area contributed by atoms with Crippen molar-refractivity contribution in [1.82, 2.24) is 10.2 Å². The highest BCUT2D eigenvalue weighted by Gasteiger charge is 1.99. The minimum absolute atomic E-state index is 0.669. The number of hydrogen-bond acceptors (Lipinski definition) is 2. The van der Waals surface area contributed by atoms with E-state index in [-0.39, 0.29) is 0 Å². The van der Waals surface area contributed by atoms with Crippen molar-refractivity contribution < 1.29 is 0 Å². The van der Waals surface area contributed by atoms with Gasteiger partial charge in [-0.3, -0.25) is 0 Å². The van der Waals surface area contributed by atoms with Crippen LogP contribution in [0.15, 0.2) is 41.9 Å². The van der Waals surface area contributed by atoms with Crippen molar-refractivity contribution in [3.8, 4) is 0 Å². The van der Waals surface area contributed by atoms with Gasteiger partial charge in [0.25, 0.3) is 0 Å². The van der Waals surface area contributed by atoms with Gasteiger partial charge in [-0.15, -0.1) is 0 Å². The minimum Gasteiger partial charge on any atom is -0.312 e. The van der Waals surface area contributed by atoms with E-state index < -0.39 is 0 Å². The highest BCUT2D eigenvalue weighted by Crippen LogP contribution is 2.02. The Hall–Kier alpha value is -0.830. The first kappa shape index (κ1) is 14.2. The summed E-state index contributed by atoms with van der Waals surface area (Å²) in [6.07, 6.45) is 1.12. The summed E-state index contributed by atoms with van der Waals surface area (Å²) in [6, 6.07) is 10.5. The van der Waals surface area contributed by atoms with E-state index in [1.54, 1.807) is 0 Å². The van der Waals surface area contributed by atoms with Gasteiger partial charge in [-0.2, -0.15) is 0 Å². The second-order valence-corrected chi connectivity index (χ2v) is 4.81. The average Bonchev–Trinajstić information content (AvgIpc) is 2.29. The lowest BCUT2D eigenvalue weighted by atomic mass is 10.2. The molecule has 0 aliphatic rings. The molecule has 0 amide bonds. The zero-order valence-corrected chi connectivity index (χ0v) is 11.2. The molecule has 1 rings (SSSR count). The Morgan fingerprint density at radius 3 is 2.71 bits per heavy atom. The van der Waals surface area contributed by atoms with Crippen LogP contribution in [0.2, 0.25) is 0 Å². The van der Waals surface area contributed by atoms with Crippen molar-refractivity contribution >= 4 is 11.6 Å². The molecule has 0 saturated heterocycles. The number of nitrogens with one attached hydrogen (secondary N) is 1. The van der Waals surface area contributed by atoms with Gasteiger partial charge in [-0.1, -0.05) is 48.5 Å². The standard InChI is InChI=1S/C14H21ClN2/c1-13(15)11-16-9-6-10-17(2)12-14-7-4-3-5-8-14/h3-5,7-8,16H,1,6,9-12H2,2H3. The second kappa shape index (κ2) is 8.29. The smallest absolute Gasteiger partial charge is 0.0307 e. The molecule has 0 aliphatic carbocycles. The maximum Gasteiger partial charge on any atom is 0.0307 e. The quantitative estimate of drug-likeness (QED) is 0.716. The van der Waals surface area contributed by atoms with E-state index >= 15 is 0 Å². The van der Waals surface area contributed by atoms with Gasteiger partial charge in [0.05, 0.1) is 0 Å². The van der Waals surface area contributed by atoms with Crippen molar-refractivity contribution in [3.63, 3.8) is 0 Å². The van der Waals surface area contributed by atoms with Crippen LogP contribution in [-0.2, 0) is 6.54 Å². The predicted octanol–water partition coefficient (Wildman–Crippen LogP) is 2.85. The molecule has 1 N–H and O–H groups in total. The van der Waals surface area contributed by atoms with Crippen molar-refractivity contribution in [2.24, 2.45) is 0 Å². The molecule has 2 nitrogen and oxygen atoms in total. The predicted molar refractivity (Wildman–Crippen MR) is 75.3 cm³/mol. The summed E-state index contributed by atoms with van der Waals surface area (Å²) in [6.45, 7) is 7.39. The molecule has 1 aromatic carbocycles. The molecule has 94 valence electrons. The second-order valence-electron chi connectivity index (χ2n) is 4.27. The Morgan fingerprint density at radius 2 is 2.06 bits per heavy atom. The van der Waals surface area contributed by atoms with Gasteiger partial charge >= 0.3 is 0 Å². The molecular weight excluding hydrogens is 232 g/mol. The first-order valence-corrected chi connectivity index (χ1v) is 6.33. The lowest BCUT2D eigenvalue weighted by Gasteiger charge is -2.16. The van der Waals surface area contributed by atoms with E-state index in [2.05, 4.69) is 48.1 Å². The highest BCUT2D eigenvalue weighted by atomic mass is 35.5. The zero-order chi connectivity index (χ0) is 12.5. The number of benzene rings is 1. The molecule has 1 aromatic rings. The van der Waals surface area contributed by atoms with Crippen LogP contribution in [0.25, 0.3) is 0 Å². The van der Waals surface area contributed by atoms with E-state index in [9.17, 15) is 0 Å². The molecule has 0 aliphatic heterocycles. The molecule has 17 heavy (non-hydrogen) atoms. The Balaban J connectivity index is 2.09. The largest absolute Gasteiger partial charge is 0.312 e. The van der Waals surface area contributed by atoms with Gasteiger partial charge in [0.15, 0.2) is 0 Å². The molecule has 0 bridgehead atoms. The van der Waals surface area contributed by atoms with Gasteiger partial charge < -0.3 is 10.2 Å². The summed E-state index contributed by atoms with van der Waals surface area (Å²) in [5, 5.41) is 3.92. The van der Waals surface area contributed by atoms with E-state index in [1.807, 2.05) is 6.07 Å². The van der Waals surface area contributed by atoms with Crippen LogP contribution in [0.1, 0.15) is 12.0 Å². The fourth-order valence-electron chi connectivity index (χ4n) is 1.67. The molecule has 0 aromatic heterocycles. The van der Waals surface area contributed by atoms with Gasteiger partial charge in [-0.25, -0.2) is 0 Å². The van der Waals surface area contributed by atoms with E-state index in [0.717, 1.165) is 26.1 Å². The van der Waals surface area contributed by atoms with Crippen LogP contribution in [0.4, 0.5) is 0 Å². The first-order valence-electron chi connectivity index (χ1n) is 5.95. The Kier molecular flexibility index (Phi) is 6.94. The lowest BCUT2D eigenvalue weighted by molar-refractivity contribution is 0.320. The lowest BCUT2D eigenvalue weighted by Crippen LogP contribution is -2.24. The molecule has 3 heteroatoms. The zero-order valence-electron chi connectivity index (χ0n) is 10.5. The topological polar surface area (TPSA) is 15.3 Å². The van der Waals surface area contributed by atoms with Crippen LogP contribution < -0.4 is 5.32 Å². The molecule has 0 atom stereocenters. The summed E-state index contributed by atoms with van der Waals surface area (Å²) in [4.78, 5) is 2.33. The summed E-state index contributed by atoms with van der Waals surface area (Å²) >= 11 is 5.66. The number of nitrogens with zero attached hydrogens (tertiary/aromatic N) is 1. The van der Waals surface area contributed by atoms with Crippen LogP contribution >= 0.6 is 11.6 Å². The van der Waals surface area contributed by atoms with Crippen molar-refractivity contribution in [2.75, 3.05) is 26.7 Å². The Morgan fingerprint density at radius 1 is 1.35 bits per heavy atom. The maximum atomic E-state index is 5.66.